The number of hydrogen-bond donors (Lipinski definition) is 2. The molecule has 2 heterocycles. The van der Waals surface area contributed by atoms with Crippen LogP contribution in [0.3, 0.4) is 0 Å². The average Bonchev–Trinajstić information content (AvgIpc) is 2.67. The Kier molecular flexibility index (Phi) is 3.63. The molecule has 4 nitrogen and oxygen atoms in total. The zero-order valence-electron chi connectivity index (χ0n) is 7.96. The fraction of sp³-hybridized carbons (Fsp3) is 0.111. The molecule has 0 aromatic carbocycles. The van der Waals surface area contributed by atoms with Crippen molar-refractivity contribution in [2.45, 2.75) is 6.54 Å². The quantitative estimate of drug-likeness (QED) is 0.914. The second kappa shape index (κ2) is 4.99. The number of thiophene rings is 1. The molecule has 84 valence electrons. The van der Waals surface area contributed by atoms with Crippen LogP contribution in [-0.2, 0) is 6.54 Å². The molecule has 0 amide bonds. The van der Waals surface area contributed by atoms with E-state index < -0.39 is 0 Å². The van der Waals surface area contributed by atoms with Gasteiger partial charge in [-0.3, -0.25) is 4.79 Å². The topological polar surface area (TPSA) is 57.8 Å². The van der Waals surface area contributed by atoms with E-state index in [0.29, 0.717) is 16.7 Å². The van der Waals surface area contributed by atoms with Crippen LogP contribution in [0.15, 0.2) is 27.6 Å². The van der Waals surface area contributed by atoms with Crippen molar-refractivity contribution < 1.29 is 0 Å². The second-order valence-electron chi connectivity index (χ2n) is 2.99. The zero-order valence-corrected chi connectivity index (χ0v) is 11.1. The Morgan fingerprint density at radius 3 is 3.06 bits per heavy atom. The van der Waals surface area contributed by atoms with Crippen LogP contribution in [0, 0.1) is 0 Å². The van der Waals surface area contributed by atoms with Crippen LogP contribution in [-0.4, -0.2) is 10.2 Å². The van der Waals surface area contributed by atoms with Crippen molar-refractivity contribution in [3.63, 3.8) is 0 Å². The lowest BCUT2D eigenvalue weighted by atomic mass is 10.4. The van der Waals surface area contributed by atoms with Crippen molar-refractivity contribution in [2.24, 2.45) is 0 Å². The number of anilines is 1. The molecular formula is C9H7BrClN3OS. The molecule has 7 heteroatoms. The molecule has 2 aromatic heterocycles. The summed E-state index contributed by atoms with van der Waals surface area (Å²) in [5, 5.41) is 9.15. The molecule has 0 aliphatic heterocycles. The molecule has 2 N–H and O–H groups in total. The van der Waals surface area contributed by atoms with Crippen molar-refractivity contribution in [1.29, 1.82) is 0 Å². The number of nitrogens with one attached hydrogen (secondary N) is 2. The zero-order chi connectivity index (χ0) is 11.5. The summed E-state index contributed by atoms with van der Waals surface area (Å²) in [7, 11) is 0. The number of hydrogen-bond acceptors (Lipinski definition) is 4. The highest BCUT2D eigenvalue weighted by Crippen LogP contribution is 2.23. The molecule has 0 bridgehead atoms. The molecule has 0 spiro atoms. The lowest BCUT2D eigenvalue weighted by molar-refractivity contribution is 0.973. The number of aromatic amines is 1. The normalized spacial score (nSPS) is 10.4. The van der Waals surface area contributed by atoms with Crippen LogP contribution in [0.1, 0.15) is 4.88 Å². The minimum atomic E-state index is -0.255. The molecule has 2 rings (SSSR count). The average molecular weight is 321 g/mol. The van der Waals surface area contributed by atoms with Gasteiger partial charge >= 0.3 is 0 Å². The largest absolute Gasteiger partial charge is 0.378 e. The van der Waals surface area contributed by atoms with E-state index in [1.165, 1.54) is 11.3 Å². The SMILES string of the molecule is O=c1[nH]ncc(NCc2ccc(Cl)s2)c1Br. The van der Waals surface area contributed by atoms with E-state index in [4.69, 9.17) is 11.6 Å². The smallest absolute Gasteiger partial charge is 0.280 e. The van der Waals surface area contributed by atoms with E-state index in [0.717, 1.165) is 9.21 Å². The predicted octanol–water partition coefficient (Wildman–Crippen LogP) is 2.86. The van der Waals surface area contributed by atoms with Crippen LogP contribution in [0.4, 0.5) is 5.69 Å². The van der Waals surface area contributed by atoms with Gasteiger partial charge in [-0.1, -0.05) is 11.6 Å². The standard InChI is InChI=1S/C9H7BrClN3OS/c10-8-6(4-13-14-9(8)15)12-3-5-1-2-7(11)16-5/h1-2,4H,3H2,(H2,12,14,15). The molecule has 0 aliphatic rings. The van der Waals surface area contributed by atoms with Gasteiger partial charge in [0.25, 0.3) is 5.56 Å². The van der Waals surface area contributed by atoms with Crippen molar-refractivity contribution in [3.05, 3.63) is 42.4 Å². The van der Waals surface area contributed by atoms with Gasteiger partial charge in [-0.25, -0.2) is 5.10 Å². The van der Waals surface area contributed by atoms with E-state index in [1.807, 2.05) is 12.1 Å². The van der Waals surface area contributed by atoms with Gasteiger partial charge in [-0.15, -0.1) is 11.3 Å². The molecule has 0 fully saturated rings. The molecule has 0 saturated carbocycles. The van der Waals surface area contributed by atoms with Gasteiger partial charge in [-0.05, 0) is 28.1 Å². The Morgan fingerprint density at radius 2 is 2.38 bits per heavy atom. The van der Waals surface area contributed by atoms with E-state index >= 15 is 0 Å². The molecule has 2 aromatic rings. The third-order valence-corrected chi connectivity index (χ3v) is 3.90. The second-order valence-corrected chi connectivity index (χ2v) is 5.58. The molecule has 0 saturated heterocycles. The van der Waals surface area contributed by atoms with Gasteiger partial charge in [-0.2, -0.15) is 5.10 Å². The van der Waals surface area contributed by atoms with Gasteiger partial charge in [0.2, 0.25) is 0 Å². The molecular weight excluding hydrogens is 314 g/mol. The van der Waals surface area contributed by atoms with Gasteiger partial charge in [0.05, 0.1) is 16.2 Å². The van der Waals surface area contributed by atoms with Gasteiger partial charge in [0.1, 0.15) is 4.47 Å². The lowest BCUT2D eigenvalue weighted by Gasteiger charge is -2.04. The Balaban J connectivity index is 2.10. The van der Waals surface area contributed by atoms with Crippen LogP contribution in [0.2, 0.25) is 4.34 Å². The van der Waals surface area contributed by atoms with Crippen molar-refractivity contribution in [1.82, 2.24) is 10.2 Å². The molecule has 0 unspecified atom stereocenters. The summed E-state index contributed by atoms with van der Waals surface area (Å²) in [4.78, 5) is 12.3. The third-order valence-electron chi connectivity index (χ3n) is 1.88. The van der Waals surface area contributed by atoms with Gasteiger partial charge in [0.15, 0.2) is 0 Å². The summed E-state index contributed by atoms with van der Waals surface area (Å²) in [6.07, 6.45) is 1.56. The van der Waals surface area contributed by atoms with E-state index in [1.54, 1.807) is 6.20 Å². The first kappa shape index (κ1) is 11.6. The number of nitrogens with zero attached hydrogens (tertiary/aromatic N) is 1. The Labute approximate surface area is 109 Å². The van der Waals surface area contributed by atoms with Crippen molar-refractivity contribution in [3.8, 4) is 0 Å². The first-order chi connectivity index (χ1) is 7.66. The monoisotopic (exact) mass is 319 g/mol. The van der Waals surface area contributed by atoms with Crippen molar-refractivity contribution in [2.75, 3.05) is 5.32 Å². The van der Waals surface area contributed by atoms with E-state index in [9.17, 15) is 4.79 Å². The first-order valence-corrected chi connectivity index (χ1v) is 6.37. The highest BCUT2D eigenvalue weighted by Gasteiger charge is 2.04. The van der Waals surface area contributed by atoms with Crippen LogP contribution >= 0.6 is 38.9 Å². The number of halogens is 2. The maximum Gasteiger partial charge on any atom is 0.280 e. The van der Waals surface area contributed by atoms with E-state index in [2.05, 4.69) is 31.4 Å². The van der Waals surface area contributed by atoms with Gasteiger partial charge < -0.3 is 5.32 Å². The first-order valence-electron chi connectivity index (χ1n) is 4.38. The van der Waals surface area contributed by atoms with Gasteiger partial charge in [0, 0.05) is 11.4 Å². The number of H-pyrrole nitrogens is 1. The third kappa shape index (κ3) is 2.63. The maximum atomic E-state index is 11.2. The van der Waals surface area contributed by atoms with Crippen molar-refractivity contribution >= 4 is 44.6 Å². The minimum Gasteiger partial charge on any atom is -0.378 e. The summed E-state index contributed by atoms with van der Waals surface area (Å²) in [5.41, 5.74) is 0.405. The molecule has 0 atom stereocenters. The fourth-order valence-electron chi connectivity index (χ4n) is 1.14. The summed E-state index contributed by atoms with van der Waals surface area (Å²) >= 11 is 10.5. The summed E-state index contributed by atoms with van der Waals surface area (Å²) in [6, 6.07) is 3.78. The predicted molar refractivity (Wildman–Crippen MR) is 69.2 cm³/mol. The summed E-state index contributed by atoms with van der Waals surface area (Å²) in [5.74, 6) is 0. The maximum absolute atomic E-state index is 11.2. The highest BCUT2D eigenvalue weighted by atomic mass is 79.9. The number of aromatic nitrogens is 2. The number of rotatable bonds is 3. The molecule has 0 aliphatic carbocycles. The molecule has 16 heavy (non-hydrogen) atoms. The molecule has 0 radical (unpaired) electrons. The fourth-order valence-corrected chi connectivity index (χ4v) is 2.49. The highest BCUT2D eigenvalue weighted by molar-refractivity contribution is 9.10. The Hall–Kier alpha value is -0.850. The summed E-state index contributed by atoms with van der Waals surface area (Å²) < 4.78 is 1.20. The van der Waals surface area contributed by atoms with Crippen LogP contribution in [0.5, 0.6) is 0 Å². The van der Waals surface area contributed by atoms with Crippen LogP contribution in [0.25, 0.3) is 0 Å². The van der Waals surface area contributed by atoms with E-state index in [-0.39, 0.29) is 5.56 Å². The summed E-state index contributed by atoms with van der Waals surface area (Å²) in [6.45, 7) is 0.612. The minimum absolute atomic E-state index is 0.255. The Bertz CT molecular complexity index is 554. The lowest BCUT2D eigenvalue weighted by Crippen LogP contribution is -2.11. The Morgan fingerprint density at radius 1 is 1.56 bits per heavy atom. The van der Waals surface area contributed by atoms with Crippen LogP contribution < -0.4 is 10.9 Å².